The van der Waals surface area contributed by atoms with Gasteiger partial charge in [0.25, 0.3) is 5.91 Å². The lowest BCUT2D eigenvalue weighted by atomic mass is 10.1. The molecule has 13 heteroatoms. The maximum Gasteiger partial charge on any atom is 0.433 e. The van der Waals surface area contributed by atoms with Crippen LogP contribution in [0.5, 0.6) is 0 Å². The number of likely N-dealkylation sites (N-methyl/N-ethyl adjacent to an activating group) is 1. The predicted molar refractivity (Wildman–Crippen MR) is 101 cm³/mol. The number of nitrogens with one attached hydrogen (secondary N) is 2. The Kier molecular flexibility index (Phi) is 5.59. The number of hydrogen-bond acceptors (Lipinski definition) is 10. The summed E-state index contributed by atoms with van der Waals surface area (Å²) in [5, 5.41) is 26.6. The van der Waals surface area contributed by atoms with E-state index in [9.17, 15) is 24.8 Å². The van der Waals surface area contributed by atoms with E-state index in [0.717, 1.165) is 0 Å². The molecule has 0 aliphatic carbocycles. The molecular formula is C16H19N7O6. The summed E-state index contributed by atoms with van der Waals surface area (Å²) >= 11 is 0. The molecule has 1 aromatic rings. The number of fused-ring (bicyclic) bond motifs is 1. The Hall–Kier alpha value is -3.74. The van der Waals surface area contributed by atoms with E-state index < -0.39 is 35.2 Å². The number of β-amino-alcohol motifs (C(OH)–C–C–N with tert-alkyl or cyclic N) is 1. The van der Waals surface area contributed by atoms with Gasteiger partial charge in [0.05, 0.1) is 12.2 Å². The summed E-state index contributed by atoms with van der Waals surface area (Å²) in [6.07, 6.45) is 2.82. The lowest BCUT2D eigenvalue weighted by molar-refractivity contribution is -0.402. The third kappa shape index (κ3) is 4.24. The zero-order valence-corrected chi connectivity index (χ0v) is 15.6. The van der Waals surface area contributed by atoms with Crippen LogP contribution in [0.25, 0.3) is 6.08 Å². The van der Waals surface area contributed by atoms with E-state index in [1.807, 2.05) is 0 Å². The topological polar surface area (TPSA) is 166 Å². The van der Waals surface area contributed by atoms with E-state index in [2.05, 4.69) is 20.8 Å². The molecule has 3 heterocycles. The highest BCUT2D eigenvalue weighted by Gasteiger charge is 2.48. The Bertz CT molecular complexity index is 905. The van der Waals surface area contributed by atoms with Crippen LogP contribution in [0.3, 0.4) is 0 Å². The van der Waals surface area contributed by atoms with E-state index in [0.29, 0.717) is 0 Å². The normalized spacial score (nSPS) is 22.8. The summed E-state index contributed by atoms with van der Waals surface area (Å²) in [5.74, 6) is -0.383. The van der Waals surface area contributed by atoms with Crippen molar-refractivity contribution >= 4 is 36.1 Å². The molecule has 0 radical (unpaired) electrons. The van der Waals surface area contributed by atoms with Crippen LogP contribution in [0.15, 0.2) is 32.7 Å². The highest BCUT2D eigenvalue weighted by Crippen LogP contribution is 2.23. The highest BCUT2D eigenvalue weighted by molar-refractivity contribution is 6.03. The number of nitro groups is 1. The van der Waals surface area contributed by atoms with E-state index >= 15 is 0 Å². The molecule has 1 fully saturated rings. The van der Waals surface area contributed by atoms with Gasteiger partial charge in [0.1, 0.15) is 10.7 Å². The first kappa shape index (κ1) is 20.0. The number of amides is 3. The minimum Gasteiger partial charge on any atom is -0.401 e. The maximum atomic E-state index is 12.3. The van der Waals surface area contributed by atoms with Crippen LogP contribution in [0.1, 0.15) is 12.7 Å². The second kappa shape index (κ2) is 8.10. The number of guanidine groups is 1. The van der Waals surface area contributed by atoms with Crippen LogP contribution in [-0.2, 0) is 4.79 Å². The molecular weight excluding hydrogens is 386 g/mol. The van der Waals surface area contributed by atoms with Gasteiger partial charge in [0.2, 0.25) is 5.96 Å². The van der Waals surface area contributed by atoms with Crippen LogP contribution < -0.4 is 10.7 Å². The van der Waals surface area contributed by atoms with E-state index in [-0.39, 0.29) is 24.1 Å². The molecule has 3 amide bonds. The zero-order chi connectivity index (χ0) is 21.1. The van der Waals surface area contributed by atoms with Gasteiger partial charge in [-0.05, 0) is 25.1 Å². The van der Waals surface area contributed by atoms with Gasteiger partial charge in [-0.15, -0.1) is 0 Å². The first-order valence-corrected chi connectivity index (χ1v) is 8.58. The monoisotopic (exact) mass is 405 g/mol. The lowest BCUT2D eigenvalue weighted by Gasteiger charge is -2.36. The number of carbonyl (C=O) groups excluding carboxylic acids is 2. The van der Waals surface area contributed by atoms with Crippen molar-refractivity contribution in [2.75, 3.05) is 13.6 Å². The first-order valence-electron chi connectivity index (χ1n) is 8.58. The van der Waals surface area contributed by atoms with Gasteiger partial charge in [-0.1, -0.05) is 0 Å². The minimum atomic E-state index is -0.788. The Labute approximate surface area is 164 Å². The van der Waals surface area contributed by atoms with Crippen molar-refractivity contribution in [2.45, 2.75) is 25.2 Å². The van der Waals surface area contributed by atoms with Crippen molar-refractivity contribution in [2.24, 2.45) is 10.1 Å². The average molecular weight is 405 g/mol. The van der Waals surface area contributed by atoms with Crippen LogP contribution in [0.2, 0.25) is 0 Å². The standard InChI is InChI=1S/C16H19N7O6/c1-9(24)8-22-12-13(21(2)16(26)19-14(12)25)18-15(22)20-17-7-3-4-10-5-6-11(29-10)23(27)28/h3-7,9,12-13,24H,8H2,1-2H3,(H,18,20)(H,19,25,26)/b4-3+,17-7+. The molecule has 0 saturated carbocycles. The third-order valence-electron chi connectivity index (χ3n) is 4.20. The third-order valence-corrected chi connectivity index (χ3v) is 4.20. The molecule has 3 unspecified atom stereocenters. The largest absolute Gasteiger partial charge is 0.433 e. The van der Waals surface area contributed by atoms with Crippen molar-refractivity contribution in [1.29, 1.82) is 0 Å². The number of furan rings is 1. The number of urea groups is 1. The molecule has 0 spiro atoms. The SMILES string of the molecule is CC(O)CN1C(N/N=C/C=C/c2ccc([N+](=O)[O-])o2)=NC2C1C(=O)NC(=O)N2C. The van der Waals surface area contributed by atoms with Gasteiger partial charge >= 0.3 is 11.9 Å². The number of aliphatic hydroxyl groups is 1. The zero-order valence-electron chi connectivity index (χ0n) is 15.6. The maximum absolute atomic E-state index is 12.3. The molecule has 154 valence electrons. The molecule has 0 aromatic carbocycles. The van der Waals surface area contributed by atoms with Crippen molar-refractivity contribution in [3.05, 3.63) is 34.1 Å². The van der Waals surface area contributed by atoms with E-state index in [1.165, 1.54) is 47.3 Å². The van der Waals surface area contributed by atoms with Gasteiger partial charge in [-0.25, -0.2) is 15.2 Å². The van der Waals surface area contributed by atoms with Crippen molar-refractivity contribution in [3.63, 3.8) is 0 Å². The molecule has 1 aromatic heterocycles. The Balaban J connectivity index is 1.69. The fraction of sp³-hybridized carbons (Fsp3) is 0.375. The molecule has 1 saturated heterocycles. The fourth-order valence-electron chi connectivity index (χ4n) is 2.91. The summed E-state index contributed by atoms with van der Waals surface area (Å²) in [5.41, 5.74) is 2.69. The minimum absolute atomic E-state index is 0.101. The van der Waals surface area contributed by atoms with Crippen molar-refractivity contribution in [3.8, 4) is 0 Å². The van der Waals surface area contributed by atoms with Gasteiger partial charge in [0.15, 0.2) is 12.2 Å². The molecule has 2 aliphatic rings. The summed E-state index contributed by atoms with van der Waals surface area (Å²) < 4.78 is 4.97. The van der Waals surface area contributed by atoms with Gasteiger partial charge < -0.3 is 19.3 Å². The van der Waals surface area contributed by atoms with E-state index in [1.54, 1.807) is 6.92 Å². The quantitative estimate of drug-likeness (QED) is 0.330. The number of hydrogen-bond donors (Lipinski definition) is 3. The van der Waals surface area contributed by atoms with Crippen molar-refractivity contribution in [1.82, 2.24) is 20.5 Å². The number of hydrazone groups is 1. The second-order valence-corrected chi connectivity index (χ2v) is 6.40. The summed E-state index contributed by atoms with van der Waals surface area (Å²) in [4.78, 5) is 41.2. The smallest absolute Gasteiger partial charge is 0.401 e. The molecule has 2 aliphatic heterocycles. The van der Waals surface area contributed by atoms with E-state index in [4.69, 9.17) is 4.42 Å². The van der Waals surface area contributed by atoms with Crippen LogP contribution in [-0.4, -0.2) is 75.8 Å². The summed E-state index contributed by atoms with van der Waals surface area (Å²) in [6, 6.07) is 1.33. The second-order valence-electron chi connectivity index (χ2n) is 6.40. The Morgan fingerprint density at radius 3 is 2.93 bits per heavy atom. The number of aliphatic hydroxyl groups excluding tert-OH is 1. The number of allylic oxidation sites excluding steroid dienone is 1. The fourth-order valence-corrected chi connectivity index (χ4v) is 2.91. The molecule has 3 rings (SSSR count). The van der Waals surface area contributed by atoms with Gasteiger partial charge in [-0.3, -0.25) is 20.2 Å². The molecule has 3 atom stereocenters. The van der Waals surface area contributed by atoms with Crippen molar-refractivity contribution < 1.29 is 24.0 Å². The molecule has 29 heavy (non-hydrogen) atoms. The highest BCUT2D eigenvalue weighted by atomic mass is 16.6. The van der Waals surface area contributed by atoms with Gasteiger partial charge in [-0.2, -0.15) is 5.10 Å². The number of aliphatic imine (C=N–C) groups is 1. The predicted octanol–water partition coefficient (Wildman–Crippen LogP) is -0.295. The Morgan fingerprint density at radius 1 is 1.52 bits per heavy atom. The number of carbonyl (C=O) groups is 2. The van der Waals surface area contributed by atoms with Gasteiger partial charge in [0, 0.05) is 19.8 Å². The first-order chi connectivity index (χ1) is 13.8. The Morgan fingerprint density at radius 2 is 2.28 bits per heavy atom. The molecule has 0 bridgehead atoms. The summed E-state index contributed by atoms with van der Waals surface area (Å²) in [6.45, 7) is 1.67. The van der Waals surface area contributed by atoms with Crippen LogP contribution in [0.4, 0.5) is 10.7 Å². The summed E-state index contributed by atoms with van der Waals surface area (Å²) in [7, 11) is 1.51. The number of rotatable bonds is 6. The molecule has 3 N–H and O–H groups in total. The molecule has 13 nitrogen and oxygen atoms in total. The number of nitrogens with zero attached hydrogens (tertiary/aromatic N) is 5. The van der Waals surface area contributed by atoms with Crippen LogP contribution >= 0.6 is 0 Å². The number of imide groups is 1. The lowest BCUT2D eigenvalue weighted by Crippen LogP contribution is -2.64. The average Bonchev–Trinajstić information content (AvgIpc) is 3.25. The van der Waals surface area contributed by atoms with Crippen LogP contribution in [0, 0.1) is 10.1 Å².